The quantitative estimate of drug-likeness (QED) is 0.801. The molecule has 2 aliphatic rings. The molecule has 0 radical (unpaired) electrons. The minimum absolute atomic E-state index is 0.0221. The Bertz CT molecular complexity index is 592. The largest absolute Gasteiger partial charge is 0.536 e. The summed E-state index contributed by atoms with van der Waals surface area (Å²) >= 11 is 0. The van der Waals surface area contributed by atoms with Gasteiger partial charge in [0.15, 0.2) is 0 Å². The first kappa shape index (κ1) is 14.2. The Labute approximate surface area is 125 Å². The predicted octanol–water partition coefficient (Wildman–Crippen LogP) is 3.05. The lowest BCUT2D eigenvalue weighted by molar-refractivity contribution is -0.113. The van der Waals surface area contributed by atoms with Crippen LogP contribution in [0, 0.1) is 0 Å². The van der Waals surface area contributed by atoms with Crippen molar-refractivity contribution in [2.45, 2.75) is 38.6 Å². The van der Waals surface area contributed by atoms with E-state index in [4.69, 9.17) is 9.31 Å². The molecule has 2 heterocycles. The lowest BCUT2D eigenvalue weighted by atomic mass is 9.45. The highest BCUT2D eigenvalue weighted by Crippen LogP contribution is 2.53. The number of carbonyl (C=O) groups is 1. The van der Waals surface area contributed by atoms with Gasteiger partial charge >= 0.3 is 7.12 Å². The van der Waals surface area contributed by atoms with Gasteiger partial charge in [-0.2, -0.15) is 0 Å². The summed E-state index contributed by atoms with van der Waals surface area (Å²) in [6.45, 7) is 9.06. The molecule has 0 unspecified atom stereocenters. The van der Waals surface area contributed by atoms with Gasteiger partial charge in [0.05, 0.1) is 5.60 Å². The summed E-state index contributed by atoms with van der Waals surface area (Å²) < 4.78 is 11.7. The van der Waals surface area contributed by atoms with Crippen molar-refractivity contribution >= 4 is 18.7 Å². The molecule has 0 bridgehead atoms. The Morgan fingerprint density at radius 3 is 2.33 bits per heavy atom. The third kappa shape index (κ3) is 2.25. The van der Waals surface area contributed by atoms with Gasteiger partial charge < -0.3 is 14.2 Å². The van der Waals surface area contributed by atoms with E-state index in [0.717, 1.165) is 11.4 Å². The van der Waals surface area contributed by atoms with Crippen molar-refractivity contribution in [1.29, 1.82) is 0 Å². The SMILES string of the molecule is CC1(C)OB(Oc2ccc(N3CC=CC3=O)cc2)C1(C)C. The van der Waals surface area contributed by atoms with Gasteiger partial charge in [0.2, 0.25) is 0 Å². The molecule has 1 amide bonds. The van der Waals surface area contributed by atoms with Crippen molar-refractivity contribution in [3.8, 4) is 5.75 Å². The van der Waals surface area contributed by atoms with Crippen LogP contribution in [0.25, 0.3) is 0 Å². The van der Waals surface area contributed by atoms with Crippen LogP contribution in [0.15, 0.2) is 36.4 Å². The fraction of sp³-hybridized carbons (Fsp3) is 0.438. The first-order valence-corrected chi connectivity index (χ1v) is 7.24. The van der Waals surface area contributed by atoms with E-state index in [0.29, 0.717) is 6.54 Å². The number of hydrogen-bond acceptors (Lipinski definition) is 3. The van der Waals surface area contributed by atoms with Crippen LogP contribution in [0.2, 0.25) is 5.31 Å². The molecule has 1 aromatic carbocycles. The number of anilines is 1. The summed E-state index contributed by atoms with van der Waals surface area (Å²) in [5, 5.41) is -0.0412. The van der Waals surface area contributed by atoms with Gasteiger partial charge in [0, 0.05) is 23.6 Å². The van der Waals surface area contributed by atoms with E-state index in [1.54, 1.807) is 11.0 Å². The molecule has 0 atom stereocenters. The zero-order chi connectivity index (χ0) is 15.3. The molecule has 2 aliphatic heterocycles. The molecule has 110 valence electrons. The molecular formula is C16H20BNO3. The molecule has 21 heavy (non-hydrogen) atoms. The van der Waals surface area contributed by atoms with Gasteiger partial charge in [0.1, 0.15) is 5.75 Å². The Morgan fingerprint density at radius 1 is 1.19 bits per heavy atom. The van der Waals surface area contributed by atoms with Gasteiger partial charge in [-0.3, -0.25) is 4.79 Å². The van der Waals surface area contributed by atoms with Gasteiger partial charge in [-0.1, -0.05) is 19.9 Å². The normalized spacial score (nSPS) is 22.4. The Kier molecular flexibility index (Phi) is 3.13. The third-order valence-electron chi connectivity index (χ3n) is 4.75. The molecule has 4 nitrogen and oxygen atoms in total. The summed E-state index contributed by atoms with van der Waals surface area (Å²) in [6, 6.07) is 7.56. The van der Waals surface area contributed by atoms with Gasteiger partial charge in [-0.25, -0.2) is 0 Å². The van der Waals surface area contributed by atoms with E-state index in [2.05, 4.69) is 27.7 Å². The second kappa shape index (κ2) is 4.63. The standard InChI is InChI=1S/C16H20BNO3/c1-15(2)16(3,4)21-17(15)20-13-9-7-12(8-10-13)18-11-5-6-14(18)19/h5-10H,11H2,1-4H3. The van der Waals surface area contributed by atoms with Crippen LogP contribution in [0.1, 0.15) is 27.7 Å². The summed E-state index contributed by atoms with van der Waals surface area (Å²) in [6.07, 6.45) is 3.46. The van der Waals surface area contributed by atoms with Crippen molar-refractivity contribution in [1.82, 2.24) is 0 Å². The molecule has 0 N–H and O–H groups in total. The Morgan fingerprint density at radius 2 is 1.86 bits per heavy atom. The van der Waals surface area contributed by atoms with Crippen molar-refractivity contribution in [2.75, 3.05) is 11.4 Å². The monoisotopic (exact) mass is 285 g/mol. The highest BCUT2D eigenvalue weighted by Gasteiger charge is 2.62. The molecular weight excluding hydrogens is 265 g/mol. The van der Waals surface area contributed by atoms with Crippen molar-refractivity contribution in [2.24, 2.45) is 0 Å². The zero-order valence-electron chi connectivity index (χ0n) is 12.9. The minimum atomic E-state index is -0.242. The van der Waals surface area contributed by atoms with Crippen LogP contribution in [0.4, 0.5) is 5.69 Å². The van der Waals surface area contributed by atoms with E-state index in [1.165, 1.54) is 0 Å². The van der Waals surface area contributed by atoms with E-state index in [-0.39, 0.29) is 23.9 Å². The Hall–Kier alpha value is -1.75. The van der Waals surface area contributed by atoms with E-state index < -0.39 is 0 Å². The fourth-order valence-electron chi connectivity index (χ4n) is 2.46. The van der Waals surface area contributed by atoms with Crippen LogP contribution in [-0.2, 0) is 9.45 Å². The molecule has 1 aromatic rings. The van der Waals surface area contributed by atoms with Crippen LogP contribution >= 0.6 is 0 Å². The summed E-state index contributed by atoms with van der Waals surface area (Å²) in [5.74, 6) is 0.779. The average Bonchev–Trinajstić information content (AvgIpc) is 2.85. The lowest BCUT2D eigenvalue weighted by Gasteiger charge is -2.54. The number of benzene rings is 1. The second-order valence-corrected chi connectivity index (χ2v) is 6.64. The molecule has 1 saturated heterocycles. The molecule has 0 aromatic heterocycles. The highest BCUT2D eigenvalue weighted by atomic mass is 16.6. The van der Waals surface area contributed by atoms with Gasteiger partial charge in [-0.15, -0.1) is 0 Å². The Balaban J connectivity index is 1.67. The fourth-order valence-corrected chi connectivity index (χ4v) is 2.46. The van der Waals surface area contributed by atoms with E-state index in [1.807, 2.05) is 30.3 Å². The van der Waals surface area contributed by atoms with Crippen LogP contribution in [0.5, 0.6) is 5.75 Å². The first-order valence-electron chi connectivity index (χ1n) is 7.24. The molecule has 5 heteroatoms. The van der Waals surface area contributed by atoms with Crippen molar-refractivity contribution in [3.05, 3.63) is 36.4 Å². The summed E-state index contributed by atoms with van der Waals surface area (Å²) in [5.41, 5.74) is 0.706. The van der Waals surface area contributed by atoms with Crippen LogP contribution in [-0.4, -0.2) is 25.2 Å². The number of nitrogens with zero attached hydrogens (tertiary/aromatic N) is 1. The summed E-state index contributed by atoms with van der Waals surface area (Å²) in [4.78, 5) is 13.4. The number of hydrogen-bond donors (Lipinski definition) is 0. The minimum Gasteiger partial charge on any atom is -0.536 e. The maximum atomic E-state index is 11.6. The highest BCUT2D eigenvalue weighted by molar-refractivity contribution is 6.53. The lowest BCUT2D eigenvalue weighted by Crippen LogP contribution is -2.64. The van der Waals surface area contributed by atoms with Crippen LogP contribution < -0.4 is 9.55 Å². The van der Waals surface area contributed by atoms with E-state index in [9.17, 15) is 4.79 Å². The van der Waals surface area contributed by atoms with Gasteiger partial charge in [-0.05, 0) is 38.1 Å². The smallest absolute Gasteiger partial charge is 0.534 e. The van der Waals surface area contributed by atoms with Crippen molar-refractivity contribution < 1.29 is 14.1 Å². The third-order valence-corrected chi connectivity index (χ3v) is 4.75. The van der Waals surface area contributed by atoms with Gasteiger partial charge in [0.25, 0.3) is 5.91 Å². The van der Waals surface area contributed by atoms with Crippen molar-refractivity contribution in [3.63, 3.8) is 0 Å². The second-order valence-electron chi connectivity index (χ2n) is 6.64. The maximum Gasteiger partial charge on any atom is 0.534 e. The maximum absolute atomic E-state index is 11.6. The number of rotatable bonds is 3. The molecule has 0 saturated carbocycles. The summed E-state index contributed by atoms with van der Waals surface area (Å²) in [7, 11) is -0.242. The van der Waals surface area contributed by atoms with Crippen LogP contribution in [0.3, 0.4) is 0 Å². The van der Waals surface area contributed by atoms with E-state index >= 15 is 0 Å². The molecule has 3 rings (SSSR count). The first-order chi connectivity index (χ1) is 9.81. The average molecular weight is 285 g/mol. The number of carbonyl (C=O) groups excluding carboxylic acids is 1. The molecule has 1 fully saturated rings. The number of amides is 1. The predicted molar refractivity (Wildman–Crippen MR) is 83.5 cm³/mol. The topological polar surface area (TPSA) is 38.8 Å². The molecule has 0 spiro atoms. The zero-order valence-corrected chi connectivity index (χ0v) is 12.9. The molecule has 0 aliphatic carbocycles.